The molecule has 0 heterocycles. The highest BCUT2D eigenvalue weighted by Crippen LogP contribution is 2.34. The van der Waals surface area contributed by atoms with Gasteiger partial charge in [0.1, 0.15) is 5.54 Å². The molecule has 3 amide bonds. The van der Waals surface area contributed by atoms with Gasteiger partial charge in [-0.15, -0.1) is 0 Å². The van der Waals surface area contributed by atoms with Crippen LogP contribution in [0.4, 0.5) is 21.9 Å². The van der Waals surface area contributed by atoms with E-state index in [-0.39, 0.29) is 22.9 Å². The average Bonchev–Trinajstić information content (AvgIpc) is 2.81. The Balaban J connectivity index is 1.90. The molecule has 192 valence electrons. The molecule has 4 N–H and O–H groups in total. The first kappa shape index (κ1) is 26.7. The van der Waals surface area contributed by atoms with E-state index in [1.807, 2.05) is 32.9 Å². The number of carboxylic acids is 1. The summed E-state index contributed by atoms with van der Waals surface area (Å²) < 4.78 is 0. The number of nitro groups is 1. The van der Waals surface area contributed by atoms with Crippen molar-refractivity contribution >= 4 is 35.0 Å². The third-order valence-corrected chi connectivity index (χ3v) is 6.86. The van der Waals surface area contributed by atoms with Gasteiger partial charge >= 0.3 is 12.0 Å². The molecule has 1 fully saturated rings. The summed E-state index contributed by atoms with van der Waals surface area (Å²) in [5.41, 5.74) is 1.29. The first-order valence-corrected chi connectivity index (χ1v) is 11.9. The quantitative estimate of drug-likeness (QED) is 0.301. The van der Waals surface area contributed by atoms with Crippen LogP contribution in [0.2, 0.25) is 0 Å². The SMILES string of the molecule is Cc1cc(C)c(NC(=O)Nc2cc([N+](=O)[O-])ccc2C(=O)N[C@](C)(C(=O)O)C2CCCCC2)c(C)c1. The summed E-state index contributed by atoms with van der Waals surface area (Å²) >= 11 is 0. The van der Waals surface area contributed by atoms with Crippen LogP contribution in [0.25, 0.3) is 0 Å². The monoisotopic (exact) mass is 496 g/mol. The number of carboxylic acid groups (broad SMARTS) is 1. The van der Waals surface area contributed by atoms with Gasteiger partial charge in [-0.05, 0) is 63.6 Å². The molecular formula is C26H32N4O6. The lowest BCUT2D eigenvalue weighted by molar-refractivity contribution is -0.384. The van der Waals surface area contributed by atoms with E-state index in [1.165, 1.54) is 13.0 Å². The minimum absolute atomic E-state index is 0.0728. The zero-order valence-electron chi connectivity index (χ0n) is 20.9. The molecule has 1 aliphatic rings. The number of nitrogens with zero attached hydrogens (tertiary/aromatic N) is 1. The van der Waals surface area contributed by atoms with Crippen LogP contribution in [-0.2, 0) is 4.79 Å². The van der Waals surface area contributed by atoms with Crippen molar-refractivity contribution in [3.8, 4) is 0 Å². The fraction of sp³-hybridized carbons (Fsp3) is 0.423. The standard InChI is InChI=1S/C26H32N4O6/c1-15-12-16(2)22(17(3)13-15)28-25(34)27-21-14-19(30(35)36)10-11-20(21)23(31)29-26(4,24(32)33)18-8-6-5-7-9-18/h10-14,18H,5-9H2,1-4H3,(H,29,31)(H,32,33)(H2,27,28,34)/t26-/m0/s1. The Morgan fingerprint density at radius 3 is 2.17 bits per heavy atom. The first-order valence-electron chi connectivity index (χ1n) is 11.9. The predicted octanol–water partition coefficient (Wildman–Crippen LogP) is 5.32. The zero-order valence-corrected chi connectivity index (χ0v) is 20.9. The number of urea groups is 1. The fourth-order valence-corrected chi connectivity index (χ4v) is 4.90. The summed E-state index contributed by atoms with van der Waals surface area (Å²) in [5, 5.41) is 29.2. The Kier molecular flexibility index (Phi) is 7.96. The van der Waals surface area contributed by atoms with Crippen LogP contribution in [0.15, 0.2) is 30.3 Å². The molecule has 36 heavy (non-hydrogen) atoms. The molecule has 10 heteroatoms. The number of hydrogen-bond acceptors (Lipinski definition) is 5. The lowest BCUT2D eigenvalue weighted by Gasteiger charge is -2.37. The van der Waals surface area contributed by atoms with E-state index in [9.17, 15) is 29.6 Å². The second kappa shape index (κ2) is 10.8. The molecule has 0 saturated heterocycles. The summed E-state index contributed by atoms with van der Waals surface area (Å²) in [6.45, 7) is 7.12. The molecule has 0 radical (unpaired) electrons. The van der Waals surface area contributed by atoms with Gasteiger partial charge in [0.2, 0.25) is 0 Å². The number of aliphatic carboxylic acids is 1. The van der Waals surface area contributed by atoms with Gasteiger partial charge in [-0.2, -0.15) is 0 Å². The highest BCUT2D eigenvalue weighted by molar-refractivity contribution is 6.08. The van der Waals surface area contributed by atoms with Gasteiger partial charge in [0.25, 0.3) is 11.6 Å². The van der Waals surface area contributed by atoms with Gasteiger partial charge in [-0.1, -0.05) is 37.0 Å². The van der Waals surface area contributed by atoms with Crippen molar-refractivity contribution in [3.63, 3.8) is 0 Å². The van der Waals surface area contributed by atoms with Crippen molar-refractivity contribution in [2.45, 2.75) is 65.3 Å². The maximum Gasteiger partial charge on any atom is 0.329 e. The Morgan fingerprint density at radius 1 is 1.00 bits per heavy atom. The fourth-order valence-electron chi connectivity index (χ4n) is 4.90. The normalized spacial score (nSPS) is 15.4. The van der Waals surface area contributed by atoms with Crippen LogP contribution in [0.1, 0.15) is 66.1 Å². The highest BCUT2D eigenvalue weighted by atomic mass is 16.6. The zero-order chi connectivity index (χ0) is 26.6. The molecular weight excluding hydrogens is 464 g/mol. The van der Waals surface area contributed by atoms with Crippen LogP contribution >= 0.6 is 0 Å². The largest absolute Gasteiger partial charge is 0.480 e. The number of rotatable bonds is 7. The van der Waals surface area contributed by atoms with E-state index < -0.39 is 28.4 Å². The minimum Gasteiger partial charge on any atom is -0.480 e. The van der Waals surface area contributed by atoms with Gasteiger partial charge in [-0.25, -0.2) is 9.59 Å². The van der Waals surface area contributed by atoms with Crippen molar-refractivity contribution < 1.29 is 24.4 Å². The number of carbonyl (C=O) groups excluding carboxylic acids is 2. The summed E-state index contributed by atoms with van der Waals surface area (Å²) in [6, 6.07) is 6.58. The van der Waals surface area contributed by atoms with Gasteiger partial charge in [0.15, 0.2) is 0 Å². The third-order valence-electron chi connectivity index (χ3n) is 6.86. The van der Waals surface area contributed by atoms with Crippen LogP contribution in [0.3, 0.4) is 0 Å². The summed E-state index contributed by atoms with van der Waals surface area (Å²) in [4.78, 5) is 49.0. The number of carbonyl (C=O) groups is 3. The lowest BCUT2D eigenvalue weighted by atomic mass is 9.75. The van der Waals surface area contributed by atoms with Crippen LogP contribution in [-0.4, -0.2) is 33.5 Å². The molecule has 3 rings (SSSR count). The number of nitrogens with one attached hydrogen (secondary N) is 3. The predicted molar refractivity (Wildman–Crippen MR) is 136 cm³/mol. The number of amides is 3. The molecule has 1 aliphatic carbocycles. The Bertz CT molecular complexity index is 1180. The smallest absolute Gasteiger partial charge is 0.329 e. The maximum atomic E-state index is 13.3. The first-order chi connectivity index (χ1) is 16.9. The van der Waals surface area contributed by atoms with E-state index in [1.54, 1.807) is 0 Å². The van der Waals surface area contributed by atoms with Gasteiger partial charge in [0, 0.05) is 17.8 Å². The molecule has 2 aromatic rings. The highest BCUT2D eigenvalue weighted by Gasteiger charge is 2.43. The van der Waals surface area contributed by atoms with E-state index >= 15 is 0 Å². The lowest BCUT2D eigenvalue weighted by Crippen LogP contribution is -2.57. The second-order valence-corrected chi connectivity index (χ2v) is 9.64. The van der Waals surface area contributed by atoms with Gasteiger partial charge in [0.05, 0.1) is 16.2 Å². The molecule has 0 bridgehead atoms. The number of nitro benzene ring substituents is 1. The molecule has 0 aromatic heterocycles. The van der Waals surface area contributed by atoms with Gasteiger partial charge in [-0.3, -0.25) is 14.9 Å². The summed E-state index contributed by atoms with van der Waals surface area (Å²) in [5.74, 6) is -2.14. The summed E-state index contributed by atoms with van der Waals surface area (Å²) in [6.07, 6.45) is 4.13. The van der Waals surface area contributed by atoms with Crippen molar-refractivity contribution in [1.82, 2.24) is 5.32 Å². The Morgan fingerprint density at radius 2 is 1.61 bits per heavy atom. The second-order valence-electron chi connectivity index (χ2n) is 9.64. The number of non-ortho nitro benzene ring substituents is 1. The molecule has 1 atom stereocenters. The number of benzene rings is 2. The van der Waals surface area contributed by atoms with E-state index in [4.69, 9.17) is 0 Å². The molecule has 10 nitrogen and oxygen atoms in total. The average molecular weight is 497 g/mol. The maximum absolute atomic E-state index is 13.3. The molecule has 0 spiro atoms. The van der Waals surface area contributed by atoms with E-state index in [2.05, 4.69) is 16.0 Å². The molecule has 2 aromatic carbocycles. The molecule has 1 saturated carbocycles. The van der Waals surface area contributed by atoms with Crippen molar-refractivity contribution in [2.75, 3.05) is 10.6 Å². The van der Waals surface area contributed by atoms with Crippen LogP contribution in [0.5, 0.6) is 0 Å². The third kappa shape index (κ3) is 5.81. The minimum atomic E-state index is -1.52. The molecule has 0 aliphatic heterocycles. The van der Waals surface area contributed by atoms with E-state index in [0.29, 0.717) is 18.5 Å². The van der Waals surface area contributed by atoms with E-state index in [0.717, 1.165) is 48.1 Å². The van der Waals surface area contributed by atoms with Gasteiger partial charge < -0.3 is 21.1 Å². The number of anilines is 2. The number of hydrogen-bond donors (Lipinski definition) is 4. The Labute approximate surface area is 209 Å². The van der Waals surface area contributed by atoms with Crippen LogP contribution < -0.4 is 16.0 Å². The van der Waals surface area contributed by atoms with Crippen molar-refractivity contribution in [2.24, 2.45) is 5.92 Å². The molecule has 0 unspecified atom stereocenters. The topological polar surface area (TPSA) is 151 Å². The van der Waals surface area contributed by atoms with Crippen LogP contribution in [0, 0.1) is 36.8 Å². The van der Waals surface area contributed by atoms with Crippen molar-refractivity contribution in [1.29, 1.82) is 0 Å². The number of aryl methyl sites for hydroxylation is 3. The Hall–Kier alpha value is -3.95. The summed E-state index contributed by atoms with van der Waals surface area (Å²) in [7, 11) is 0. The van der Waals surface area contributed by atoms with Crippen molar-refractivity contribution in [3.05, 3.63) is 62.7 Å².